The highest BCUT2D eigenvalue weighted by atomic mass is 79.9. The number of imide groups is 2. The number of alkyl carbamates (subject to hydrolysis) is 1. The molecular weight excluding hydrogens is 1460 g/mol. The van der Waals surface area contributed by atoms with Gasteiger partial charge in [-0.25, -0.2) is 24.2 Å². The van der Waals surface area contributed by atoms with Crippen LogP contribution in [-0.4, -0.2) is 174 Å². The van der Waals surface area contributed by atoms with E-state index in [0.29, 0.717) is 60.2 Å². The van der Waals surface area contributed by atoms with E-state index >= 15 is 0 Å². The number of hydrogen-bond donors (Lipinski definition) is 3. The number of nitrogens with zero attached hydrogens (tertiary/aromatic N) is 2. The zero-order chi connectivity index (χ0) is 74.9. The number of aliphatic carboxylic acids is 1. The predicted molar refractivity (Wildman–Crippen MR) is 388 cm³/mol. The van der Waals surface area contributed by atoms with Gasteiger partial charge in [-0.1, -0.05) is 155 Å². The molecule has 98 heavy (non-hydrogen) atoms. The average Bonchev–Trinajstić information content (AvgIpc) is 1.65. The van der Waals surface area contributed by atoms with Crippen LogP contribution in [0.5, 0.6) is 0 Å². The van der Waals surface area contributed by atoms with Crippen molar-refractivity contribution in [2.45, 2.75) is 156 Å². The number of rotatable bonds is 21. The highest BCUT2D eigenvalue weighted by Crippen LogP contribution is 2.26. The number of halogens is 3. The topological polar surface area (TPSA) is 343 Å². The molecule has 0 radical (unpaired) electrons. The first-order valence-electron chi connectivity index (χ1n) is 31.5. The molecule has 0 aliphatic carbocycles. The van der Waals surface area contributed by atoms with E-state index in [-0.39, 0.29) is 91.1 Å². The standard InChI is InChI=1S/C17H22NO5P.C13H15NO3.C10H11NO2.C7H12ClO3P.C5H10O.C4H8BrO2P.C4H9O2P.C3H5ClO.C3H7NO2/c1-11(12(2)16(20)23-24-3)15(19)18-14(10-22-17(18)21)9-13-7-5-4-6-8-13;1-2-12(15)14-11(9-17-13(14)16)8-10-6-4-3-5-7-10;12-10-11-9(7-13-10)6-8-4-2-1-3-5-8;1-4(6(8)9)5(2)7(10)11-12-3;1-5-3-2-4-6-5;1-3(5)4(6)7-8-2;1-3-4(5)6-7-2;1-2-3(4)5;1-2(4)3(5)6/h4-8,11-12,14,24H,9-10H2,1-3H3;3-7,11H,2,8-9H2,1H3;1-5,9H,6-7H2,(H,11,12);4-5,12H,1-3H3;5H,2-4H2,1H3;3,8H,1-2H3;7H,3H2,1-2H3;2H2,1H3;2H,4H2,1H3,(H,5,6). The molecule has 4 N–H and O–H groups in total. The van der Waals surface area contributed by atoms with Crippen LogP contribution in [0.2, 0.25) is 0 Å². The zero-order valence-electron chi connectivity index (χ0n) is 58.1. The van der Waals surface area contributed by atoms with Crippen LogP contribution < -0.4 is 11.1 Å². The Hall–Kier alpha value is -5.80. The summed E-state index contributed by atoms with van der Waals surface area (Å²) in [5.74, 6) is -4.83. The summed E-state index contributed by atoms with van der Waals surface area (Å²) < 4.78 is 38.9. The number of carbonyl (C=O) groups is 12. The molecule has 4 saturated heterocycles. The van der Waals surface area contributed by atoms with E-state index in [2.05, 4.69) is 37.2 Å². The minimum absolute atomic E-state index is 0.0298. The van der Waals surface area contributed by atoms with Gasteiger partial charge in [0.2, 0.25) is 22.3 Å². The van der Waals surface area contributed by atoms with Crippen LogP contribution in [-0.2, 0) is 99.5 Å². The second kappa shape index (κ2) is 55.9. The van der Waals surface area contributed by atoms with Gasteiger partial charge in [0.25, 0.3) is 0 Å². The van der Waals surface area contributed by atoms with Crippen molar-refractivity contribution in [3.05, 3.63) is 108 Å². The van der Waals surface area contributed by atoms with Gasteiger partial charge < -0.3 is 53.2 Å². The van der Waals surface area contributed by atoms with Crippen molar-refractivity contribution in [3.63, 3.8) is 0 Å². The predicted octanol–water partition coefficient (Wildman–Crippen LogP) is 12.2. The van der Waals surface area contributed by atoms with Crippen molar-refractivity contribution in [2.75, 3.05) is 53.1 Å². The lowest BCUT2D eigenvalue weighted by Crippen LogP contribution is -2.45. The summed E-state index contributed by atoms with van der Waals surface area (Å²) in [4.78, 5) is 134. The molecule has 0 bridgehead atoms. The normalized spacial score (nSPS) is 18.2. The summed E-state index contributed by atoms with van der Waals surface area (Å²) in [7, 11) is 0.690. The fraction of sp³-hybridized carbons (Fsp3) is 0.545. The third-order valence-corrected chi connectivity index (χ3v) is 16.3. The van der Waals surface area contributed by atoms with Crippen molar-refractivity contribution < 1.29 is 99.7 Å². The monoisotopic (exact) mass is 1560 g/mol. The Morgan fingerprint density at radius 1 is 0.592 bits per heavy atom. The second-order valence-corrected chi connectivity index (χ2v) is 26.1. The molecule has 32 heteroatoms. The lowest BCUT2D eigenvalue weighted by molar-refractivity contribution is -0.145. The highest BCUT2D eigenvalue weighted by Gasteiger charge is 2.42. The molecule has 3 aromatic carbocycles. The molecule has 550 valence electrons. The number of amides is 5. The highest BCUT2D eigenvalue weighted by molar-refractivity contribution is 9.10. The molecule has 7 rings (SSSR count). The first kappa shape index (κ1) is 94.3. The molecule has 5 amide bonds. The Balaban J connectivity index is 0. The van der Waals surface area contributed by atoms with Crippen molar-refractivity contribution in [3.8, 4) is 0 Å². The molecule has 3 aromatic rings. The number of alkyl halides is 1. The van der Waals surface area contributed by atoms with Gasteiger partial charge in [0, 0.05) is 37.7 Å². The van der Waals surface area contributed by atoms with Gasteiger partial charge in [-0.05, 0) is 119 Å². The van der Waals surface area contributed by atoms with E-state index < -0.39 is 65.0 Å². The fourth-order valence-corrected chi connectivity index (χ4v) is 9.69. The van der Waals surface area contributed by atoms with E-state index in [1.54, 1.807) is 68.7 Å². The quantitative estimate of drug-likeness (QED) is 0.0386. The SMILES string of the molecule is CC(N)C(=O)O.CC1CCCO1.CCC(=O)Cl.CCC(=O)N1C(=O)OCC1Cc1ccccc1.CCC(=O)OPC.CPOC(=O)C(C)Br.CPOC(=O)C(C)C(C)C(=O)Cl.CPOC(=O)C(C)C(C)C(=O)N1C(=O)OCC1Cc1ccccc1.O=C1NC(Cc2ccccc2)CO1. The maximum absolute atomic E-state index is 12.7. The summed E-state index contributed by atoms with van der Waals surface area (Å²) in [6.07, 6.45) is 4.86. The molecular formula is C66H99BrCl2N4O21P4. The smallest absolute Gasteiger partial charge is 0.416 e. The van der Waals surface area contributed by atoms with Gasteiger partial charge in [-0.3, -0.25) is 43.2 Å². The van der Waals surface area contributed by atoms with Gasteiger partial charge in [0.1, 0.15) is 30.7 Å². The number of ether oxygens (including phenoxy) is 4. The first-order valence-corrected chi connectivity index (χ1v) is 38.8. The fourth-order valence-electron chi connectivity index (χ4n) is 7.71. The third kappa shape index (κ3) is 42.3. The van der Waals surface area contributed by atoms with E-state index in [9.17, 15) is 57.5 Å². The molecule has 0 aromatic heterocycles. The summed E-state index contributed by atoms with van der Waals surface area (Å²) in [6.45, 7) is 26.1. The largest absolute Gasteiger partial charge is 0.480 e. The Kier molecular flexibility index (Phi) is 53.8. The molecule has 14 unspecified atom stereocenters. The summed E-state index contributed by atoms with van der Waals surface area (Å²) >= 11 is 13.1. The average molecular weight is 1560 g/mol. The summed E-state index contributed by atoms with van der Waals surface area (Å²) in [5.41, 5.74) is 8.18. The number of benzene rings is 3. The van der Waals surface area contributed by atoms with Gasteiger partial charge >= 0.3 is 48.1 Å². The van der Waals surface area contributed by atoms with Crippen LogP contribution in [0, 0.1) is 23.7 Å². The van der Waals surface area contributed by atoms with E-state index in [4.69, 9.17) is 62.0 Å². The zero-order valence-corrected chi connectivity index (χ0v) is 65.2. The number of hydrogen-bond acceptors (Lipinski definition) is 21. The summed E-state index contributed by atoms with van der Waals surface area (Å²) in [5, 5.41) is 9.83. The third-order valence-electron chi connectivity index (χ3n) is 13.7. The molecule has 14 atom stereocenters. The van der Waals surface area contributed by atoms with Crippen LogP contribution >= 0.6 is 74.4 Å². The van der Waals surface area contributed by atoms with Gasteiger partial charge in [0.15, 0.2) is 0 Å². The molecule has 4 aliphatic rings. The van der Waals surface area contributed by atoms with E-state index in [0.717, 1.165) is 29.1 Å². The van der Waals surface area contributed by atoms with Crippen LogP contribution in [0.3, 0.4) is 0 Å². The summed E-state index contributed by atoms with van der Waals surface area (Å²) in [6, 6.07) is 28.3. The Morgan fingerprint density at radius 3 is 1.29 bits per heavy atom. The van der Waals surface area contributed by atoms with E-state index in [1.807, 2.05) is 104 Å². The Labute approximate surface area is 602 Å². The minimum atomic E-state index is -0.963. The lowest BCUT2D eigenvalue weighted by atomic mass is 9.94. The van der Waals surface area contributed by atoms with Crippen molar-refractivity contribution >= 4 is 145 Å². The number of carbonyl (C=O) groups excluding carboxylic acids is 11. The van der Waals surface area contributed by atoms with Crippen molar-refractivity contribution in [2.24, 2.45) is 29.4 Å². The molecule has 0 spiro atoms. The van der Waals surface area contributed by atoms with Gasteiger partial charge in [-0.15, -0.1) is 0 Å². The number of cyclic esters (lactones) is 3. The molecule has 25 nitrogen and oxygen atoms in total. The lowest BCUT2D eigenvalue weighted by Gasteiger charge is -2.25. The van der Waals surface area contributed by atoms with Crippen LogP contribution in [0.4, 0.5) is 14.4 Å². The number of nitrogens with two attached hydrogens (primary N) is 1. The Bertz CT molecular complexity index is 2860. The molecule has 4 fully saturated rings. The van der Waals surface area contributed by atoms with Gasteiger partial charge in [0.05, 0.1) is 71.3 Å². The van der Waals surface area contributed by atoms with Crippen molar-refractivity contribution in [1.82, 2.24) is 15.1 Å². The van der Waals surface area contributed by atoms with Crippen LogP contribution in [0.1, 0.15) is 118 Å². The number of carboxylic acids is 1. The van der Waals surface area contributed by atoms with Crippen LogP contribution in [0.25, 0.3) is 0 Å². The maximum Gasteiger partial charge on any atom is 0.416 e. The number of nitrogens with one attached hydrogen (secondary N) is 1. The molecule has 4 aliphatic heterocycles. The maximum atomic E-state index is 12.7. The first-order chi connectivity index (χ1) is 46.3. The van der Waals surface area contributed by atoms with Gasteiger partial charge in [-0.2, -0.15) is 0 Å². The number of carboxylic acid groups (broad SMARTS) is 1. The van der Waals surface area contributed by atoms with E-state index in [1.165, 1.54) is 30.2 Å². The van der Waals surface area contributed by atoms with Crippen LogP contribution in [0.15, 0.2) is 91.0 Å². The molecule has 0 saturated carbocycles. The molecule has 4 heterocycles. The second-order valence-electron chi connectivity index (χ2n) is 21.4. The minimum Gasteiger partial charge on any atom is -0.480 e. The Morgan fingerprint density at radius 2 is 0.990 bits per heavy atom. The van der Waals surface area contributed by atoms with Crippen molar-refractivity contribution in [1.29, 1.82) is 0 Å².